The molecule has 2 heterocycles. The van der Waals surface area contributed by atoms with Crippen LogP contribution in [0.3, 0.4) is 0 Å². The van der Waals surface area contributed by atoms with Gasteiger partial charge in [-0.15, -0.1) is 0 Å². The van der Waals surface area contributed by atoms with E-state index in [9.17, 15) is 131 Å². The van der Waals surface area contributed by atoms with Gasteiger partial charge in [0.25, 0.3) is 0 Å². The second-order valence-corrected chi connectivity index (χ2v) is 33.1. The van der Waals surface area contributed by atoms with Gasteiger partial charge in [0.15, 0.2) is 0 Å². The zero-order valence-electron chi connectivity index (χ0n) is 73.8. The number of hydrogen-bond donors (Lipinski definition) is 24. The number of amides is 17. The summed E-state index contributed by atoms with van der Waals surface area (Å²) in [7, 11) is 0. The fourth-order valence-corrected chi connectivity index (χ4v) is 14.5. The predicted octanol–water partition coefficient (Wildman–Crippen LogP) is -7.38. The molecule has 20 atom stereocenters. The smallest absolute Gasteiger partial charge is 0.326 e. The summed E-state index contributed by atoms with van der Waals surface area (Å²) in [6.07, 6.45) is -4.35. The normalized spacial score (nSPS) is 17.7. The third-order valence-electron chi connectivity index (χ3n) is 22.0. The van der Waals surface area contributed by atoms with E-state index in [1.54, 1.807) is 64.3 Å². The highest BCUT2D eigenvalue weighted by molar-refractivity contribution is 7.98. The lowest BCUT2D eigenvalue weighted by atomic mass is 9.94. The molecule has 47 nitrogen and oxygen atoms in total. The number of aliphatic carboxylic acids is 4. The van der Waals surface area contributed by atoms with Crippen molar-refractivity contribution in [2.75, 3.05) is 44.8 Å². The van der Waals surface area contributed by atoms with Crippen LogP contribution in [0.15, 0.2) is 30.3 Å². The van der Waals surface area contributed by atoms with E-state index in [0.29, 0.717) is 11.3 Å². The van der Waals surface area contributed by atoms with Gasteiger partial charge in [-0.3, -0.25) is 95.9 Å². The van der Waals surface area contributed by atoms with Crippen LogP contribution in [0.4, 0.5) is 0 Å². The average molecular weight is 1850 g/mol. The van der Waals surface area contributed by atoms with Crippen LogP contribution in [-0.2, 0) is 107 Å². The minimum Gasteiger partial charge on any atom is -0.481 e. The third kappa shape index (κ3) is 37.1. The molecule has 2 aliphatic heterocycles. The number of carboxylic acids is 4. The average Bonchev–Trinajstić information content (AvgIpc) is 1.67. The molecule has 0 saturated carbocycles. The molecule has 129 heavy (non-hydrogen) atoms. The van der Waals surface area contributed by atoms with Gasteiger partial charge in [0.2, 0.25) is 100 Å². The van der Waals surface area contributed by atoms with E-state index in [1.807, 2.05) is 0 Å². The summed E-state index contributed by atoms with van der Waals surface area (Å²) < 4.78 is 0. The Kier molecular flexibility index (Phi) is 48.8. The molecule has 17 amide bonds. The van der Waals surface area contributed by atoms with E-state index in [0.717, 1.165) is 16.7 Å². The maximum absolute atomic E-state index is 14.6. The summed E-state index contributed by atoms with van der Waals surface area (Å²) in [6, 6.07) is -18.8. The van der Waals surface area contributed by atoms with Crippen LogP contribution in [0.5, 0.6) is 0 Å². The molecular weight excluding hydrogens is 1720 g/mol. The lowest BCUT2D eigenvalue weighted by Crippen LogP contribution is -2.63. The SMILES string of the molecule is CC[C@H](C)[C@H](NC(=O)[C@H](CC(N)=O)NC(=O)[C@H](CC(=O)O)NC(=O)[C@@H]1CCCN1C(=O)[C@@H]1CCCN1C(=O)[C@H](CC(N)=O)NC(=O)[C@@H](N)CCSC)C(=O)N[C@@H](CCCCN)C(=O)N[C@@H](CC(=O)O)C(=O)N[C@H](C(=O)N[C@@H](CCCCN)C(=O)N[C@@H](CO)C(=O)N[C@@H](CC(=O)O)C(=O)N[C@H](C(=O)N[C@H](C(=O)N[C@@H](Cc1ccccc1)C(=O)O)[C@@H](C)CC)[C@@H](C)CC)[C@@H](C)O. The third-order valence-corrected chi connectivity index (χ3v) is 22.7. The lowest BCUT2D eigenvalue weighted by Gasteiger charge is -2.33. The number of unbranched alkanes of at least 4 members (excludes halogenated alkanes) is 2. The molecule has 2 fully saturated rings. The van der Waals surface area contributed by atoms with Gasteiger partial charge in [-0.25, -0.2) is 4.79 Å². The van der Waals surface area contributed by atoms with E-state index in [1.165, 1.54) is 25.6 Å². The van der Waals surface area contributed by atoms with Gasteiger partial charge in [0, 0.05) is 19.5 Å². The molecule has 722 valence electrons. The number of carbonyl (C=O) groups is 21. The first-order valence-electron chi connectivity index (χ1n) is 42.8. The minimum atomic E-state index is -2.17. The monoisotopic (exact) mass is 1850 g/mol. The number of benzene rings is 1. The Hall–Kier alpha value is -11.8. The molecule has 0 bridgehead atoms. The van der Waals surface area contributed by atoms with Crippen LogP contribution in [0, 0.1) is 17.8 Å². The van der Waals surface area contributed by atoms with Gasteiger partial charge in [0.05, 0.1) is 50.9 Å². The molecule has 2 aliphatic rings. The van der Waals surface area contributed by atoms with E-state index in [-0.39, 0.29) is 122 Å². The second kappa shape index (κ2) is 56.5. The maximum Gasteiger partial charge on any atom is 0.326 e. The molecule has 0 aliphatic carbocycles. The van der Waals surface area contributed by atoms with Crippen LogP contribution in [0.2, 0.25) is 0 Å². The highest BCUT2D eigenvalue weighted by Gasteiger charge is 2.47. The highest BCUT2D eigenvalue weighted by atomic mass is 32.2. The van der Waals surface area contributed by atoms with Crippen molar-refractivity contribution in [1.29, 1.82) is 0 Å². The molecule has 0 aromatic heterocycles. The minimum absolute atomic E-state index is 0.0130. The van der Waals surface area contributed by atoms with Crippen LogP contribution >= 0.6 is 11.8 Å². The zero-order chi connectivity index (χ0) is 97.2. The highest BCUT2D eigenvalue weighted by Crippen LogP contribution is 2.27. The van der Waals surface area contributed by atoms with Crippen molar-refractivity contribution in [3.05, 3.63) is 35.9 Å². The molecule has 3 rings (SSSR count). The number of thioether (sulfide) groups is 1. The van der Waals surface area contributed by atoms with Gasteiger partial charge < -0.3 is 138 Å². The second-order valence-electron chi connectivity index (χ2n) is 32.1. The van der Waals surface area contributed by atoms with Gasteiger partial charge in [-0.05, 0) is 126 Å². The van der Waals surface area contributed by atoms with Crippen LogP contribution < -0.4 is 97.8 Å². The Bertz CT molecular complexity index is 4060. The molecule has 1 aromatic carbocycles. The van der Waals surface area contributed by atoms with Gasteiger partial charge in [-0.2, -0.15) is 11.8 Å². The van der Waals surface area contributed by atoms with E-state index in [2.05, 4.69) is 69.1 Å². The Labute approximate surface area is 749 Å². The predicted molar refractivity (Wildman–Crippen MR) is 461 cm³/mol. The molecule has 2 saturated heterocycles. The topological polar surface area (TPSA) is 773 Å². The first-order chi connectivity index (χ1) is 60.8. The number of primary amides is 2. The van der Waals surface area contributed by atoms with Gasteiger partial charge in [0.1, 0.15) is 90.6 Å². The first kappa shape index (κ1) is 111. The van der Waals surface area contributed by atoms with Crippen molar-refractivity contribution in [2.45, 2.75) is 280 Å². The van der Waals surface area contributed by atoms with Crippen molar-refractivity contribution >= 4 is 136 Å². The van der Waals surface area contributed by atoms with Crippen molar-refractivity contribution in [2.24, 2.45) is 46.4 Å². The number of hydrogen-bond acceptors (Lipinski definition) is 27. The van der Waals surface area contributed by atoms with E-state index in [4.69, 9.17) is 28.7 Å². The molecule has 29 N–H and O–H groups in total. The largest absolute Gasteiger partial charge is 0.481 e. The first-order valence-corrected chi connectivity index (χ1v) is 44.2. The van der Waals surface area contributed by atoms with Crippen LogP contribution in [0.1, 0.15) is 176 Å². The van der Waals surface area contributed by atoms with Crippen molar-refractivity contribution < 1.29 is 131 Å². The number of carboxylic acid groups (broad SMARTS) is 4. The van der Waals surface area contributed by atoms with E-state index >= 15 is 0 Å². The van der Waals surface area contributed by atoms with Crippen molar-refractivity contribution in [3.8, 4) is 0 Å². The number of nitrogens with two attached hydrogens (primary N) is 5. The summed E-state index contributed by atoms with van der Waals surface area (Å²) in [5, 5.41) is 91.9. The number of aliphatic hydroxyl groups excluding tert-OH is 2. The summed E-state index contributed by atoms with van der Waals surface area (Å²) in [4.78, 5) is 289. The number of rotatable bonds is 60. The number of nitrogens with one attached hydrogen (secondary N) is 13. The maximum atomic E-state index is 14.6. The fourth-order valence-electron chi connectivity index (χ4n) is 14.0. The fraction of sp³-hybridized carbons (Fsp3) is 0.667. The van der Waals surface area contributed by atoms with Crippen LogP contribution in [-0.4, -0.2) is 312 Å². The molecule has 1 aromatic rings. The summed E-state index contributed by atoms with van der Waals surface area (Å²) in [5.74, 6) is -27.5. The molecular formula is C81H130N20O27S. The zero-order valence-corrected chi connectivity index (χ0v) is 74.6. The number of likely N-dealkylation sites (tertiary alicyclic amines) is 2. The Morgan fingerprint density at radius 1 is 0.419 bits per heavy atom. The molecule has 48 heteroatoms. The Balaban J connectivity index is 1.88. The molecule has 0 spiro atoms. The molecule has 0 radical (unpaired) electrons. The number of aliphatic hydroxyl groups is 2. The van der Waals surface area contributed by atoms with Crippen LogP contribution in [0.25, 0.3) is 0 Å². The van der Waals surface area contributed by atoms with Gasteiger partial charge >= 0.3 is 23.9 Å². The quantitative estimate of drug-likeness (QED) is 0.0269. The van der Waals surface area contributed by atoms with E-state index < -0.39 is 284 Å². The van der Waals surface area contributed by atoms with Crippen molar-refractivity contribution in [3.63, 3.8) is 0 Å². The standard InChI is InChI=1S/C81H130N20O27S/c1-9-40(4)62(96-70(116)48(34-57(85)104)89-69(115)49(36-59(106)107)92-74(120)55-25-19-30-100(55)80(126)56-26-20-31-101(56)79(125)52(35-58(86)105)93-66(112)45(84)27-32-129-8)75(121)87-46(23-15-17-28-82)67(113)90-51(38-61(110)111)72(118)99-65(43(7)103)78(124)88-47(24-16-18-29-83)68(114)95-54(39-102)73(119)91-50(37-60(108)109)71(117)97-64(42(6)11-3)77(123)98-63(41(5)10-2)76(122)94-53(81(127)128)33-44-21-13-12-14-22-44/h12-14,21-22,40-43,45-56,62-65,102-103H,9-11,15-20,23-39,82-84H2,1-8H3,(H2,85,104)(H2,86,105)(H,87,121)(H,88,124)(H,89,115)(H,90,113)(H,91,119)(H,92,120)(H,93,112)(H,94,122)(H,95,114)(H,96,116)(H,97,117)(H,98,123)(H,99,118)(H,106,107)(H,108,109)(H,110,111)(H,127,128)/t40-,41-,42-,43+,45-,46-,47-,48-,49-,50-,51-,52-,53-,54-,55-,56-,62-,63-,64-,65-/m0/s1. The van der Waals surface area contributed by atoms with Gasteiger partial charge in [-0.1, -0.05) is 91.1 Å². The lowest BCUT2D eigenvalue weighted by molar-refractivity contribution is -0.148. The van der Waals surface area contributed by atoms with Crippen molar-refractivity contribution in [1.82, 2.24) is 78.9 Å². The summed E-state index contributed by atoms with van der Waals surface area (Å²) >= 11 is 1.41. The number of nitrogens with zero attached hydrogens (tertiary/aromatic N) is 2. The summed E-state index contributed by atoms with van der Waals surface area (Å²) in [6.45, 7) is 9.22. The Morgan fingerprint density at radius 2 is 0.767 bits per heavy atom. The molecule has 0 unspecified atom stereocenters. The Morgan fingerprint density at radius 3 is 1.18 bits per heavy atom. The number of carbonyl (C=O) groups excluding carboxylic acids is 17. The summed E-state index contributed by atoms with van der Waals surface area (Å²) in [5.41, 5.74) is 29.1.